The first-order valence-electron chi connectivity index (χ1n) is 7.63. The maximum atomic E-state index is 12.4. The number of aromatic nitrogens is 4. The summed E-state index contributed by atoms with van der Waals surface area (Å²) in [6.45, 7) is 2.53. The summed E-state index contributed by atoms with van der Waals surface area (Å²) in [5.74, 6) is -0.167. The van der Waals surface area contributed by atoms with Gasteiger partial charge in [0.25, 0.3) is 5.91 Å². The maximum absolute atomic E-state index is 12.4. The van der Waals surface area contributed by atoms with Crippen molar-refractivity contribution < 1.29 is 4.79 Å². The lowest BCUT2D eigenvalue weighted by Crippen LogP contribution is -2.28. The number of nitrogens with zero attached hydrogens (tertiary/aromatic N) is 4. The highest BCUT2D eigenvalue weighted by atomic mass is 16.2. The van der Waals surface area contributed by atoms with Gasteiger partial charge in [-0.1, -0.05) is 37.3 Å². The Kier molecular flexibility index (Phi) is 4.52. The molecule has 0 saturated carbocycles. The standard InChI is InChI=1S/C17H19N5O/c1-2-15(14-7-4-3-5-8-14)19-17(23)16-9-12-22(20-16)13-21-11-6-10-18-21/h3-12,15H,2,13H2,1H3,(H,19,23). The molecule has 0 bridgehead atoms. The molecule has 0 aliphatic carbocycles. The number of amides is 1. The van der Waals surface area contributed by atoms with Gasteiger partial charge in [-0.05, 0) is 24.1 Å². The van der Waals surface area contributed by atoms with Crippen molar-refractivity contribution in [3.05, 3.63) is 72.3 Å². The molecule has 1 unspecified atom stereocenters. The van der Waals surface area contributed by atoms with Crippen LogP contribution in [0.1, 0.15) is 35.4 Å². The van der Waals surface area contributed by atoms with Crippen molar-refractivity contribution in [2.75, 3.05) is 0 Å². The predicted molar refractivity (Wildman–Crippen MR) is 86.8 cm³/mol. The van der Waals surface area contributed by atoms with E-state index in [1.54, 1.807) is 27.8 Å². The average molecular weight is 309 g/mol. The number of nitrogens with one attached hydrogen (secondary N) is 1. The van der Waals surface area contributed by atoms with Gasteiger partial charge in [0.2, 0.25) is 0 Å². The van der Waals surface area contributed by atoms with Crippen molar-refractivity contribution in [2.24, 2.45) is 0 Å². The first-order valence-corrected chi connectivity index (χ1v) is 7.63. The summed E-state index contributed by atoms with van der Waals surface area (Å²) < 4.78 is 3.43. The molecule has 0 saturated heterocycles. The van der Waals surface area contributed by atoms with Gasteiger partial charge in [-0.25, -0.2) is 0 Å². The SMILES string of the molecule is CCC(NC(=O)c1ccn(Cn2cccn2)n1)c1ccccc1. The van der Waals surface area contributed by atoms with E-state index in [4.69, 9.17) is 0 Å². The fourth-order valence-electron chi connectivity index (χ4n) is 2.43. The minimum atomic E-state index is -0.167. The van der Waals surface area contributed by atoms with Gasteiger partial charge >= 0.3 is 0 Å². The Hall–Kier alpha value is -2.89. The molecule has 0 radical (unpaired) electrons. The summed E-state index contributed by atoms with van der Waals surface area (Å²) in [4.78, 5) is 12.4. The van der Waals surface area contributed by atoms with Crippen molar-refractivity contribution in [3.8, 4) is 0 Å². The van der Waals surface area contributed by atoms with Gasteiger partial charge in [-0.2, -0.15) is 10.2 Å². The lowest BCUT2D eigenvalue weighted by atomic mass is 10.0. The molecule has 23 heavy (non-hydrogen) atoms. The van der Waals surface area contributed by atoms with E-state index in [0.717, 1.165) is 12.0 Å². The number of rotatable bonds is 6. The molecular formula is C17H19N5O. The number of benzene rings is 1. The second-order valence-electron chi connectivity index (χ2n) is 5.27. The van der Waals surface area contributed by atoms with Crippen molar-refractivity contribution in [3.63, 3.8) is 0 Å². The van der Waals surface area contributed by atoms with Crippen LogP contribution in [0.4, 0.5) is 0 Å². The van der Waals surface area contributed by atoms with E-state index in [-0.39, 0.29) is 11.9 Å². The summed E-state index contributed by atoms with van der Waals surface area (Å²) >= 11 is 0. The van der Waals surface area contributed by atoms with Crippen LogP contribution in [-0.2, 0) is 6.67 Å². The molecule has 0 spiro atoms. The third-order valence-electron chi connectivity index (χ3n) is 3.64. The zero-order valence-corrected chi connectivity index (χ0v) is 13.0. The highest BCUT2D eigenvalue weighted by Gasteiger charge is 2.15. The zero-order valence-electron chi connectivity index (χ0n) is 13.0. The Morgan fingerprint density at radius 1 is 1.13 bits per heavy atom. The molecule has 118 valence electrons. The highest BCUT2D eigenvalue weighted by molar-refractivity contribution is 5.92. The van der Waals surface area contributed by atoms with Crippen LogP contribution in [0, 0.1) is 0 Å². The predicted octanol–water partition coefficient (Wildman–Crippen LogP) is 2.47. The topological polar surface area (TPSA) is 64.7 Å². The Morgan fingerprint density at radius 2 is 1.96 bits per heavy atom. The molecule has 1 aromatic carbocycles. The molecule has 0 fully saturated rings. The number of carbonyl (C=O) groups excluding carboxylic acids is 1. The van der Waals surface area contributed by atoms with Crippen molar-refractivity contribution >= 4 is 5.91 Å². The minimum absolute atomic E-state index is 0.0139. The van der Waals surface area contributed by atoms with Crippen LogP contribution in [0.3, 0.4) is 0 Å². The van der Waals surface area contributed by atoms with Crippen molar-refractivity contribution in [2.45, 2.75) is 26.1 Å². The molecule has 2 heterocycles. The molecule has 0 aliphatic heterocycles. The number of hydrogen-bond donors (Lipinski definition) is 1. The van der Waals surface area contributed by atoms with Crippen LogP contribution in [-0.4, -0.2) is 25.5 Å². The van der Waals surface area contributed by atoms with E-state index in [2.05, 4.69) is 15.5 Å². The minimum Gasteiger partial charge on any atom is -0.344 e. The summed E-state index contributed by atoms with van der Waals surface area (Å²) in [5.41, 5.74) is 1.51. The summed E-state index contributed by atoms with van der Waals surface area (Å²) in [6.07, 6.45) is 6.16. The van der Waals surface area contributed by atoms with E-state index < -0.39 is 0 Å². The first kappa shape index (κ1) is 15.0. The quantitative estimate of drug-likeness (QED) is 0.761. The normalized spacial score (nSPS) is 12.0. The van der Waals surface area contributed by atoms with E-state index in [9.17, 15) is 4.79 Å². The van der Waals surface area contributed by atoms with Gasteiger partial charge < -0.3 is 5.32 Å². The van der Waals surface area contributed by atoms with Gasteiger partial charge in [0, 0.05) is 18.6 Å². The Labute approximate surface area is 134 Å². The fourth-order valence-corrected chi connectivity index (χ4v) is 2.43. The fraction of sp³-hybridized carbons (Fsp3) is 0.235. The van der Waals surface area contributed by atoms with Crippen molar-refractivity contribution in [1.82, 2.24) is 24.9 Å². The lowest BCUT2D eigenvalue weighted by Gasteiger charge is -2.16. The molecule has 1 atom stereocenters. The molecule has 3 rings (SSSR count). The molecule has 3 aromatic rings. The average Bonchev–Trinajstić information content (AvgIpc) is 3.25. The largest absolute Gasteiger partial charge is 0.344 e. The summed E-state index contributed by atoms with van der Waals surface area (Å²) in [6, 6.07) is 13.5. The summed E-state index contributed by atoms with van der Waals surface area (Å²) in [7, 11) is 0. The van der Waals surface area contributed by atoms with E-state index in [1.807, 2.05) is 49.5 Å². The maximum Gasteiger partial charge on any atom is 0.272 e. The van der Waals surface area contributed by atoms with Crippen LogP contribution < -0.4 is 5.32 Å². The van der Waals surface area contributed by atoms with E-state index in [1.165, 1.54) is 0 Å². The number of hydrogen-bond acceptors (Lipinski definition) is 3. The van der Waals surface area contributed by atoms with Gasteiger partial charge in [0.15, 0.2) is 0 Å². The lowest BCUT2D eigenvalue weighted by molar-refractivity contribution is 0.0929. The monoisotopic (exact) mass is 309 g/mol. The third-order valence-corrected chi connectivity index (χ3v) is 3.64. The molecule has 1 amide bonds. The smallest absolute Gasteiger partial charge is 0.272 e. The van der Waals surface area contributed by atoms with Crippen LogP contribution in [0.2, 0.25) is 0 Å². The van der Waals surface area contributed by atoms with Gasteiger partial charge in [0.1, 0.15) is 12.4 Å². The van der Waals surface area contributed by atoms with Crippen LogP contribution >= 0.6 is 0 Å². The first-order chi connectivity index (χ1) is 11.3. The molecule has 1 N–H and O–H groups in total. The molecular weight excluding hydrogens is 290 g/mol. The second kappa shape index (κ2) is 6.91. The van der Waals surface area contributed by atoms with Gasteiger partial charge in [-0.15, -0.1) is 0 Å². The highest BCUT2D eigenvalue weighted by Crippen LogP contribution is 2.16. The third kappa shape index (κ3) is 3.66. The Morgan fingerprint density at radius 3 is 2.65 bits per heavy atom. The van der Waals surface area contributed by atoms with Gasteiger partial charge in [-0.3, -0.25) is 14.2 Å². The van der Waals surface area contributed by atoms with Crippen LogP contribution in [0.25, 0.3) is 0 Å². The molecule has 6 nitrogen and oxygen atoms in total. The van der Waals surface area contributed by atoms with Crippen LogP contribution in [0.5, 0.6) is 0 Å². The van der Waals surface area contributed by atoms with E-state index in [0.29, 0.717) is 12.4 Å². The van der Waals surface area contributed by atoms with Gasteiger partial charge in [0.05, 0.1) is 6.04 Å². The molecule has 2 aromatic heterocycles. The van der Waals surface area contributed by atoms with E-state index >= 15 is 0 Å². The zero-order chi connectivity index (χ0) is 16.1. The number of carbonyl (C=O) groups is 1. The Bertz CT molecular complexity index is 748. The molecule has 0 aliphatic rings. The summed E-state index contributed by atoms with van der Waals surface area (Å²) in [5, 5.41) is 11.5. The van der Waals surface area contributed by atoms with Crippen molar-refractivity contribution in [1.29, 1.82) is 0 Å². The Balaban J connectivity index is 1.67. The second-order valence-corrected chi connectivity index (χ2v) is 5.27. The molecule has 6 heteroatoms. The van der Waals surface area contributed by atoms with Crippen LogP contribution in [0.15, 0.2) is 61.1 Å².